The second-order valence-corrected chi connectivity index (χ2v) is 4.25. The zero-order valence-corrected chi connectivity index (χ0v) is 9.20. The number of allylic oxidation sites excluding steroid dienone is 1. The minimum Gasteiger partial charge on any atom is -0.378 e. The zero-order chi connectivity index (χ0) is 10.5. The molecule has 2 heterocycles. The Balaban J connectivity index is 1.90. The van der Waals surface area contributed by atoms with Crippen molar-refractivity contribution in [2.24, 2.45) is 0 Å². The van der Waals surface area contributed by atoms with E-state index in [-0.39, 0.29) is 5.78 Å². The van der Waals surface area contributed by atoms with Gasteiger partial charge in [-0.3, -0.25) is 4.79 Å². The van der Waals surface area contributed by atoms with Crippen LogP contribution in [0.5, 0.6) is 0 Å². The molecule has 4 heteroatoms. The topological polar surface area (TPSA) is 29.5 Å². The lowest BCUT2D eigenvalue weighted by Crippen LogP contribution is -2.32. The summed E-state index contributed by atoms with van der Waals surface area (Å²) in [4.78, 5) is 14.5. The first kappa shape index (κ1) is 10.4. The predicted molar refractivity (Wildman–Crippen MR) is 60.2 cm³/mol. The van der Waals surface area contributed by atoms with Crippen molar-refractivity contribution in [2.75, 3.05) is 26.3 Å². The third-order valence-corrected chi connectivity index (χ3v) is 3.13. The van der Waals surface area contributed by atoms with Crippen molar-refractivity contribution in [1.29, 1.82) is 0 Å². The molecule has 0 atom stereocenters. The van der Waals surface area contributed by atoms with Crippen LogP contribution in [0.15, 0.2) is 29.8 Å². The molecule has 0 amide bonds. The van der Waals surface area contributed by atoms with Crippen molar-refractivity contribution in [3.8, 4) is 0 Å². The fourth-order valence-corrected chi connectivity index (χ4v) is 2.05. The van der Waals surface area contributed by atoms with Crippen LogP contribution in [0.1, 0.15) is 9.67 Å². The third-order valence-electron chi connectivity index (χ3n) is 2.25. The van der Waals surface area contributed by atoms with Crippen LogP contribution in [0.4, 0.5) is 0 Å². The summed E-state index contributed by atoms with van der Waals surface area (Å²) in [6.07, 6.45) is 3.50. The molecule has 1 saturated heterocycles. The summed E-state index contributed by atoms with van der Waals surface area (Å²) >= 11 is 1.47. The molecule has 2 rings (SSSR count). The van der Waals surface area contributed by atoms with Gasteiger partial charge in [0.1, 0.15) is 0 Å². The van der Waals surface area contributed by atoms with Gasteiger partial charge in [0.15, 0.2) is 5.78 Å². The minimum absolute atomic E-state index is 0.0801. The summed E-state index contributed by atoms with van der Waals surface area (Å²) in [7, 11) is 0. The second kappa shape index (κ2) is 5.09. The Labute approximate surface area is 93.0 Å². The fourth-order valence-electron chi connectivity index (χ4n) is 1.40. The van der Waals surface area contributed by atoms with Gasteiger partial charge < -0.3 is 9.64 Å². The molecule has 0 bridgehead atoms. The largest absolute Gasteiger partial charge is 0.378 e. The molecule has 1 aromatic rings. The molecule has 1 aliphatic rings. The Bertz CT molecular complexity index is 339. The standard InChI is InChI=1S/C11H13NO2S/c13-10(11-2-1-9-15-11)3-4-12-5-7-14-8-6-12/h1-4,9H,5-8H2/b4-3+. The summed E-state index contributed by atoms with van der Waals surface area (Å²) in [5, 5.41) is 1.91. The number of nitrogens with zero attached hydrogens (tertiary/aromatic N) is 1. The molecular formula is C11H13NO2S. The lowest BCUT2D eigenvalue weighted by Gasteiger charge is -2.24. The molecule has 1 aromatic heterocycles. The lowest BCUT2D eigenvalue weighted by atomic mass is 10.3. The number of carbonyl (C=O) groups is 1. The minimum atomic E-state index is 0.0801. The van der Waals surface area contributed by atoms with Gasteiger partial charge in [-0.1, -0.05) is 6.07 Å². The van der Waals surface area contributed by atoms with Crippen LogP contribution in [0.3, 0.4) is 0 Å². The monoisotopic (exact) mass is 223 g/mol. The van der Waals surface area contributed by atoms with E-state index in [1.807, 2.05) is 23.7 Å². The van der Waals surface area contributed by atoms with E-state index < -0.39 is 0 Å². The summed E-state index contributed by atoms with van der Waals surface area (Å²) in [5.74, 6) is 0.0801. The van der Waals surface area contributed by atoms with Crippen molar-refractivity contribution in [1.82, 2.24) is 4.90 Å². The summed E-state index contributed by atoms with van der Waals surface area (Å²) in [5.41, 5.74) is 0. The molecule has 0 aromatic carbocycles. The SMILES string of the molecule is O=C(/C=C/N1CCOCC1)c1cccs1. The highest BCUT2D eigenvalue weighted by Gasteiger charge is 2.07. The van der Waals surface area contributed by atoms with E-state index in [2.05, 4.69) is 4.90 Å². The molecule has 0 radical (unpaired) electrons. The molecule has 1 fully saturated rings. The number of hydrogen-bond donors (Lipinski definition) is 0. The molecule has 0 aliphatic carbocycles. The predicted octanol–water partition coefficient (Wildman–Crippen LogP) is 1.78. The van der Waals surface area contributed by atoms with Crippen LogP contribution in [0.2, 0.25) is 0 Å². The Morgan fingerprint density at radius 3 is 2.93 bits per heavy atom. The van der Waals surface area contributed by atoms with Gasteiger partial charge in [-0.2, -0.15) is 0 Å². The van der Waals surface area contributed by atoms with Gasteiger partial charge in [0.05, 0.1) is 18.1 Å². The van der Waals surface area contributed by atoms with E-state index in [4.69, 9.17) is 4.74 Å². The van der Waals surface area contributed by atoms with Crippen molar-refractivity contribution in [3.63, 3.8) is 0 Å². The zero-order valence-electron chi connectivity index (χ0n) is 8.39. The van der Waals surface area contributed by atoms with E-state index in [1.54, 1.807) is 6.08 Å². The number of rotatable bonds is 3. The molecule has 15 heavy (non-hydrogen) atoms. The van der Waals surface area contributed by atoms with Gasteiger partial charge in [0, 0.05) is 25.4 Å². The maximum Gasteiger partial charge on any atom is 0.197 e. The second-order valence-electron chi connectivity index (χ2n) is 3.31. The normalized spacial score (nSPS) is 17.2. The molecule has 0 spiro atoms. The highest BCUT2D eigenvalue weighted by molar-refractivity contribution is 7.12. The van der Waals surface area contributed by atoms with Gasteiger partial charge >= 0.3 is 0 Å². The van der Waals surface area contributed by atoms with E-state index in [1.165, 1.54) is 11.3 Å². The van der Waals surface area contributed by atoms with Crippen LogP contribution in [-0.2, 0) is 4.74 Å². The quantitative estimate of drug-likeness (QED) is 0.578. The number of ether oxygens (including phenoxy) is 1. The van der Waals surface area contributed by atoms with E-state index in [0.29, 0.717) is 0 Å². The fraction of sp³-hybridized carbons (Fsp3) is 0.364. The van der Waals surface area contributed by atoms with Gasteiger partial charge in [-0.05, 0) is 11.4 Å². The third kappa shape index (κ3) is 2.91. The molecule has 3 nitrogen and oxygen atoms in total. The Kier molecular flexibility index (Phi) is 3.53. The molecule has 1 aliphatic heterocycles. The highest BCUT2D eigenvalue weighted by atomic mass is 32.1. The number of ketones is 1. The molecule has 0 saturated carbocycles. The Morgan fingerprint density at radius 1 is 1.47 bits per heavy atom. The first-order valence-electron chi connectivity index (χ1n) is 4.94. The van der Waals surface area contributed by atoms with Crippen LogP contribution in [0, 0.1) is 0 Å². The van der Waals surface area contributed by atoms with Crippen molar-refractivity contribution >= 4 is 17.1 Å². The molecule has 0 N–H and O–H groups in total. The summed E-state index contributed by atoms with van der Waals surface area (Å²) < 4.78 is 5.22. The number of hydrogen-bond acceptors (Lipinski definition) is 4. The molecular weight excluding hydrogens is 210 g/mol. The summed E-state index contributed by atoms with van der Waals surface area (Å²) in [6.45, 7) is 3.23. The number of morpholine rings is 1. The van der Waals surface area contributed by atoms with E-state index in [9.17, 15) is 4.79 Å². The first-order chi connectivity index (χ1) is 7.36. The number of thiophene rings is 1. The van der Waals surface area contributed by atoms with Crippen LogP contribution >= 0.6 is 11.3 Å². The maximum absolute atomic E-state index is 11.6. The van der Waals surface area contributed by atoms with Gasteiger partial charge in [0.2, 0.25) is 0 Å². The lowest BCUT2D eigenvalue weighted by molar-refractivity contribution is 0.0591. The number of carbonyl (C=O) groups excluding carboxylic acids is 1. The Hall–Kier alpha value is -1.13. The average Bonchev–Trinajstić information content (AvgIpc) is 2.81. The van der Waals surface area contributed by atoms with Gasteiger partial charge in [-0.15, -0.1) is 11.3 Å². The molecule has 0 unspecified atom stereocenters. The van der Waals surface area contributed by atoms with E-state index in [0.717, 1.165) is 31.2 Å². The van der Waals surface area contributed by atoms with Crippen molar-refractivity contribution in [2.45, 2.75) is 0 Å². The Morgan fingerprint density at radius 2 is 2.27 bits per heavy atom. The van der Waals surface area contributed by atoms with Crippen LogP contribution < -0.4 is 0 Å². The van der Waals surface area contributed by atoms with Crippen molar-refractivity contribution in [3.05, 3.63) is 34.7 Å². The van der Waals surface area contributed by atoms with Crippen LogP contribution in [-0.4, -0.2) is 37.0 Å². The highest BCUT2D eigenvalue weighted by Crippen LogP contribution is 2.10. The maximum atomic E-state index is 11.6. The first-order valence-corrected chi connectivity index (χ1v) is 5.82. The van der Waals surface area contributed by atoms with E-state index >= 15 is 0 Å². The molecule has 80 valence electrons. The van der Waals surface area contributed by atoms with Crippen LogP contribution in [0.25, 0.3) is 0 Å². The summed E-state index contributed by atoms with van der Waals surface area (Å²) in [6, 6.07) is 3.73. The van der Waals surface area contributed by atoms with Crippen molar-refractivity contribution < 1.29 is 9.53 Å². The average molecular weight is 223 g/mol. The van der Waals surface area contributed by atoms with Gasteiger partial charge in [-0.25, -0.2) is 0 Å². The smallest absolute Gasteiger partial charge is 0.197 e. The van der Waals surface area contributed by atoms with Gasteiger partial charge in [0.25, 0.3) is 0 Å².